The van der Waals surface area contributed by atoms with E-state index in [-0.39, 0.29) is 36.8 Å². The topological polar surface area (TPSA) is 149 Å². The highest BCUT2D eigenvalue weighted by Gasteiger charge is 2.91. The van der Waals surface area contributed by atoms with Crippen molar-refractivity contribution in [3.8, 4) is 0 Å². The van der Waals surface area contributed by atoms with E-state index in [4.69, 9.17) is 23.7 Å². The fourth-order valence-electron chi connectivity index (χ4n) is 12.9. The lowest BCUT2D eigenvalue weighted by molar-refractivity contribution is -0.249. The Morgan fingerprint density at radius 2 is 1.79 bits per heavy atom. The van der Waals surface area contributed by atoms with E-state index >= 15 is 0 Å². The summed E-state index contributed by atoms with van der Waals surface area (Å²) in [6.07, 6.45) is 8.47. The SMILES string of the molecule is CC1(C)OC2CC(=O)OCC23C1C(=O)C(O)C1(C)C3CCC2(C)C(C3=CC[OH+]C3CCC3CCC(C4=NC=NC4)CC3)OC(=O)C3OC321. The number of aliphatic imine (C=N–C) groups is 2. The Kier molecular flexibility index (Phi) is 6.76. The number of ether oxygens (including phenoxy) is 5. The molecule has 0 aromatic carbocycles. The molecule has 2 spiro atoms. The second-order valence-electron chi connectivity index (χ2n) is 17.2. The molecule has 4 saturated heterocycles. The van der Waals surface area contributed by atoms with Gasteiger partial charge in [0, 0.05) is 34.5 Å². The maximum atomic E-state index is 14.5. The normalized spacial score (nSPS) is 51.4. The summed E-state index contributed by atoms with van der Waals surface area (Å²) in [6.45, 7) is 9.23. The van der Waals surface area contributed by atoms with Crippen molar-refractivity contribution in [2.45, 2.75) is 127 Å². The Morgan fingerprint density at radius 3 is 2.54 bits per heavy atom. The molecule has 11 heteroatoms. The predicted molar refractivity (Wildman–Crippen MR) is 172 cm³/mol. The third-order valence-corrected chi connectivity index (χ3v) is 14.9. The van der Waals surface area contributed by atoms with Gasteiger partial charge in [-0.05, 0) is 76.5 Å². The number of fused-ring (bicyclic) bond motifs is 1. The van der Waals surface area contributed by atoms with Crippen molar-refractivity contribution >= 4 is 29.8 Å². The van der Waals surface area contributed by atoms with Crippen LogP contribution in [0.5, 0.6) is 0 Å². The molecule has 9 aliphatic rings. The van der Waals surface area contributed by atoms with Gasteiger partial charge in [0.25, 0.3) is 0 Å². The van der Waals surface area contributed by atoms with Crippen LogP contribution in [0, 0.1) is 39.9 Å². The van der Waals surface area contributed by atoms with E-state index in [0.29, 0.717) is 31.3 Å². The van der Waals surface area contributed by atoms with Gasteiger partial charge in [0.05, 0.1) is 36.2 Å². The zero-order chi connectivity index (χ0) is 33.4. The van der Waals surface area contributed by atoms with Crippen LogP contribution in [0.3, 0.4) is 0 Å². The van der Waals surface area contributed by atoms with E-state index in [2.05, 4.69) is 23.0 Å². The highest BCUT2D eigenvalue weighted by Crippen LogP contribution is 2.79. The summed E-state index contributed by atoms with van der Waals surface area (Å²) in [4.78, 5) is 49.6. The molecule has 6 aliphatic heterocycles. The number of esters is 2. The van der Waals surface area contributed by atoms with Gasteiger partial charge in [-0.15, -0.1) is 0 Å². The molecule has 0 radical (unpaired) electrons. The average molecular weight is 666 g/mol. The molecule has 9 rings (SSSR count). The Morgan fingerprint density at radius 1 is 1.00 bits per heavy atom. The van der Waals surface area contributed by atoms with Crippen LogP contribution in [0.15, 0.2) is 21.6 Å². The van der Waals surface area contributed by atoms with Gasteiger partial charge in [0.15, 0.2) is 24.6 Å². The molecular formula is C37H49N2O9+. The number of nitrogens with zero attached hydrogens (tertiary/aromatic N) is 2. The van der Waals surface area contributed by atoms with E-state index in [0.717, 1.165) is 37.8 Å². The molecule has 0 aromatic heterocycles. The maximum Gasteiger partial charge on any atom is 0.339 e. The number of carbonyl (C=O) groups excluding carboxylic acids is 3. The number of cyclic esters (lactones) is 2. The molecule has 3 saturated carbocycles. The van der Waals surface area contributed by atoms with E-state index in [1.54, 1.807) is 6.34 Å². The highest BCUT2D eigenvalue weighted by atomic mass is 16.7. The number of rotatable bonds is 5. The smallest absolute Gasteiger partial charge is 0.339 e. The molecule has 6 heterocycles. The first-order valence-corrected chi connectivity index (χ1v) is 18.2. The Bertz CT molecular complexity index is 1550. The highest BCUT2D eigenvalue weighted by molar-refractivity contribution is 5.97. The quantitative estimate of drug-likeness (QED) is 0.204. The summed E-state index contributed by atoms with van der Waals surface area (Å²) in [5.74, 6) is -0.816. The molecule has 0 bridgehead atoms. The summed E-state index contributed by atoms with van der Waals surface area (Å²) in [7, 11) is 0. The largest absolute Gasteiger partial charge is 0.465 e. The lowest BCUT2D eigenvalue weighted by Gasteiger charge is -2.66. The van der Waals surface area contributed by atoms with Gasteiger partial charge in [0.2, 0.25) is 0 Å². The molecule has 0 amide bonds. The molecule has 48 heavy (non-hydrogen) atoms. The minimum absolute atomic E-state index is 0.0464. The number of hydrogen-bond donors (Lipinski definition) is 1. The molecule has 11 unspecified atom stereocenters. The number of epoxide rings is 1. The van der Waals surface area contributed by atoms with Crippen LogP contribution in [0.4, 0.5) is 0 Å². The molecule has 3 aliphatic carbocycles. The Balaban J connectivity index is 1.00. The number of aliphatic hydroxyl groups is 3. The van der Waals surface area contributed by atoms with Gasteiger partial charge in [-0.25, -0.2) is 9.79 Å². The predicted octanol–water partition coefficient (Wildman–Crippen LogP) is 3.05. The molecule has 2 N–H and O–H groups in total. The summed E-state index contributed by atoms with van der Waals surface area (Å²) in [5.41, 5.74) is -2.35. The molecular weight excluding hydrogens is 616 g/mol. The monoisotopic (exact) mass is 665 g/mol. The van der Waals surface area contributed by atoms with Crippen LogP contribution in [-0.4, -0.2) is 101 Å². The maximum absolute atomic E-state index is 14.5. The molecule has 11 nitrogen and oxygen atoms in total. The van der Waals surface area contributed by atoms with Gasteiger partial charge < -0.3 is 28.8 Å². The molecule has 11 atom stereocenters. The lowest BCUT2D eigenvalue weighted by atomic mass is 9.36. The number of aliphatic hydroxyl groups excluding tert-OH is 1. The van der Waals surface area contributed by atoms with Crippen molar-refractivity contribution in [2.24, 2.45) is 49.9 Å². The third-order valence-electron chi connectivity index (χ3n) is 14.9. The van der Waals surface area contributed by atoms with Crippen LogP contribution >= 0.6 is 0 Å². The summed E-state index contributed by atoms with van der Waals surface area (Å²) < 4.78 is 30.2. The summed E-state index contributed by atoms with van der Waals surface area (Å²) >= 11 is 0. The van der Waals surface area contributed by atoms with Crippen molar-refractivity contribution in [3.63, 3.8) is 0 Å². The van der Waals surface area contributed by atoms with Crippen molar-refractivity contribution in [1.82, 2.24) is 0 Å². The number of hydrogen-bond acceptors (Lipinski definition) is 10. The number of ketones is 1. The van der Waals surface area contributed by atoms with E-state index < -0.39 is 63.8 Å². The first-order valence-electron chi connectivity index (χ1n) is 18.2. The minimum Gasteiger partial charge on any atom is -0.465 e. The fourth-order valence-corrected chi connectivity index (χ4v) is 12.9. The van der Waals surface area contributed by atoms with Gasteiger partial charge in [-0.2, -0.15) is 0 Å². The van der Waals surface area contributed by atoms with Gasteiger partial charge in [-0.3, -0.25) is 14.6 Å². The fraction of sp³-hybridized carbons (Fsp3) is 0.811. The van der Waals surface area contributed by atoms with Crippen molar-refractivity contribution in [2.75, 3.05) is 19.8 Å². The van der Waals surface area contributed by atoms with Crippen molar-refractivity contribution < 1.29 is 43.2 Å². The minimum atomic E-state index is -1.37. The second-order valence-corrected chi connectivity index (χ2v) is 17.2. The summed E-state index contributed by atoms with van der Waals surface area (Å²) in [6, 6.07) is 0. The molecule has 7 fully saturated rings. The van der Waals surface area contributed by atoms with E-state index in [9.17, 15) is 19.5 Å². The second kappa shape index (κ2) is 10.3. The van der Waals surface area contributed by atoms with Gasteiger partial charge in [0.1, 0.15) is 30.8 Å². The number of carbonyl (C=O) groups is 3. The molecule has 260 valence electrons. The Labute approximate surface area is 281 Å². The molecule has 0 aromatic rings. The summed E-state index contributed by atoms with van der Waals surface area (Å²) in [5, 5.41) is 12.2. The van der Waals surface area contributed by atoms with E-state index in [1.807, 2.05) is 20.8 Å². The first kappa shape index (κ1) is 31.5. The van der Waals surface area contributed by atoms with Gasteiger partial charge >= 0.3 is 11.9 Å². The van der Waals surface area contributed by atoms with Gasteiger partial charge in [-0.1, -0.05) is 13.8 Å². The van der Waals surface area contributed by atoms with Crippen LogP contribution < -0.4 is 0 Å². The van der Waals surface area contributed by atoms with Crippen LogP contribution in [0.1, 0.15) is 85.5 Å². The number of Topliss-reactive ketones (excluding diaryl/α,β-unsaturated/α-hetero) is 1. The zero-order valence-electron chi connectivity index (χ0n) is 28.5. The standard InChI is InChI=1S/C37H48N2O9/c1-33(2)28-27(41)29(42)35(4)24(36(28)17-45-26(40)15-25(36)47-33)11-13-34(3)30(46-32(43)31-37(34,35)48-31)21-12-14-44-23(21)10-7-19-5-8-20(9-6-19)22-16-38-18-39-22/h12,18-20,23-25,28-31,42H,5-11,13-17H2,1-4H3/p+1. The van der Waals surface area contributed by atoms with E-state index in [1.165, 1.54) is 18.6 Å². The van der Waals surface area contributed by atoms with Crippen molar-refractivity contribution in [3.05, 3.63) is 11.6 Å². The lowest BCUT2D eigenvalue weighted by Crippen LogP contribution is -2.77. The zero-order valence-corrected chi connectivity index (χ0v) is 28.5. The average Bonchev–Trinajstić information content (AvgIpc) is 3.32. The first-order chi connectivity index (χ1) is 22.9. The van der Waals surface area contributed by atoms with Crippen LogP contribution in [0.2, 0.25) is 0 Å². The van der Waals surface area contributed by atoms with Crippen LogP contribution in [0.25, 0.3) is 0 Å². The van der Waals surface area contributed by atoms with Crippen LogP contribution in [-0.2, 0) is 33.3 Å². The van der Waals surface area contributed by atoms with Crippen molar-refractivity contribution in [1.29, 1.82) is 0 Å². The third kappa shape index (κ3) is 3.82. The Hall–Kier alpha value is -2.47.